The molecule has 0 aliphatic heterocycles. The van der Waals surface area contributed by atoms with Gasteiger partial charge >= 0.3 is 0 Å². The Bertz CT molecular complexity index is 802. The molecular formula is C22H28ClNO. The number of hydrogen-bond donors (Lipinski definition) is 2. The minimum atomic E-state index is -0.247. The van der Waals surface area contributed by atoms with Crippen LogP contribution < -0.4 is 5.32 Å². The molecule has 0 saturated heterocycles. The molecule has 3 rings (SSSR count). The van der Waals surface area contributed by atoms with Gasteiger partial charge in [-0.3, -0.25) is 0 Å². The zero-order valence-corrected chi connectivity index (χ0v) is 15.7. The van der Waals surface area contributed by atoms with Crippen molar-refractivity contribution in [3.8, 4) is 0 Å². The summed E-state index contributed by atoms with van der Waals surface area (Å²) in [6, 6.07) is 19.4. The van der Waals surface area contributed by atoms with Crippen LogP contribution in [0.25, 0.3) is 21.5 Å². The van der Waals surface area contributed by atoms with Gasteiger partial charge in [-0.2, -0.15) is 0 Å². The Kier molecular flexibility index (Phi) is 7.70. The zero-order chi connectivity index (χ0) is 16.8. The Morgan fingerprint density at radius 1 is 0.920 bits per heavy atom. The molecule has 0 fully saturated rings. The lowest BCUT2D eigenvalue weighted by atomic mass is 9.97. The fourth-order valence-electron chi connectivity index (χ4n) is 3.38. The van der Waals surface area contributed by atoms with Crippen LogP contribution in [0.4, 0.5) is 0 Å². The second kappa shape index (κ2) is 9.76. The van der Waals surface area contributed by atoms with Crippen molar-refractivity contribution in [2.24, 2.45) is 0 Å². The fraction of sp³-hybridized carbons (Fsp3) is 0.364. The molecule has 0 heterocycles. The summed E-state index contributed by atoms with van der Waals surface area (Å²) in [6.07, 6.45) is 4.15. The van der Waals surface area contributed by atoms with Gasteiger partial charge in [-0.05, 0) is 39.6 Å². The summed E-state index contributed by atoms with van der Waals surface area (Å²) in [5.74, 6) is 0. The predicted molar refractivity (Wildman–Crippen MR) is 111 cm³/mol. The third-order valence-corrected chi connectivity index (χ3v) is 4.69. The van der Waals surface area contributed by atoms with Gasteiger partial charge in [-0.25, -0.2) is 0 Å². The Balaban J connectivity index is 0.00000225. The molecule has 0 spiro atoms. The number of aliphatic hydroxyl groups excluding tert-OH is 1. The Hall–Kier alpha value is -1.61. The van der Waals surface area contributed by atoms with E-state index in [1.807, 2.05) is 0 Å². The smallest absolute Gasteiger partial charge is 0.0664 e. The first-order valence-electron chi connectivity index (χ1n) is 9.07. The maximum atomic E-state index is 10.1. The molecule has 0 aromatic heterocycles. The number of hydrogen-bond acceptors (Lipinski definition) is 2. The first-order valence-corrected chi connectivity index (χ1v) is 9.07. The molecule has 3 aromatic rings. The molecule has 1 atom stereocenters. The van der Waals surface area contributed by atoms with Crippen LogP contribution >= 0.6 is 12.4 Å². The molecule has 25 heavy (non-hydrogen) atoms. The minimum Gasteiger partial charge on any atom is -0.392 e. The Morgan fingerprint density at radius 3 is 2.36 bits per heavy atom. The number of unbranched alkanes of at least 4 members (excludes halogenated alkanes) is 2. The van der Waals surface area contributed by atoms with Gasteiger partial charge in [-0.15, -0.1) is 12.4 Å². The van der Waals surface area contributed by atoms with Crippen molar-refractivity contribution >= 4 is 34.0 Å². The van der Waals surface area contributed by atoms with Crippen LogP contribution in [0.3, 0.4) is 0 Å². The van der Waals surface area contributed by atoms with Gasteiger partial charge in [0.15, 0.2) is 0 Å². The molecule has 0 radical (unpaired) electrons. The van der Waals surface area contributed by atoms with E-state index in [-0.39, 0.29) is 18.5 Å². The first-order chi connectivity index (χ1) is 11.8. The van der Waals surface area contributed by atoms with Gasteiger partial charge in [0.05, 0.1) is 6.10 Å². The Morgan fingerprint density at radius 2 is 1.60 bits per heavy atom. The van der Waals surface area contributed by atoms with E-state index in [1.165, 1.54) is 39.9 Å². The maximum absolute atomic E-state index is 10.1. The topological polar surface area (TPSA) is 32.3 Å². The SMILES string of the molecule is CCCCCC(O)CNCc1cc2ccccc2c2ccccc12.Cl. The number of halogens is 1. The van der Waals surface area contributed by atoms with Crippen LogP contribution in [-0.2, 0) is 6.54 Å². The van der Waals surface area contributed by atoms with Crippen LogP contribution in [0.1, 0.15) is 38.2 Å². The van der Waals surface area contributed by atoms with Crippen LogP contribution in [0.2, 0.25) is 0 Å². The van der Waals surface area contributed by atoms with Crippen LogP contribution in [-0.4, -0.2) is 17.8 Å². The predicted octanol–water partition coefficient (Wildman–Crippen LogP) is 5.45. The highest BCUT2D eigenvalue weighted by Gasteiger charge is 2.07. The van der Waals surface area contributed by atoms with E-state index >= 15 is 0 Å². The highest BCUT2D eigenvalue weighted by Crippen LogP contribution is 2.28. The third kappa shape index (κ3) is 4.94. The molecular weight excluding hydrogens is 330 g/mol. The van der Waals surface area contributed by atoms with Crippen molar-refractivity contribution in [1.29, 1.82) is 0 Å². The third-order valence-electron chi connectivity index (χ3n) is 4.69. The van der Waals surface area contributed by atoms with Gasteiger partial charge in [0.1, 0.15) is 0 Å². The standard InChI is InChI=1S/C22H27NO.ClH/c1-2-3-4-10-19(24)16-23-15-18-14-17-9-5-6-11-20(17)22-13-8-7-12-21(18)22;/h5-9,11-14,19,23-24H,2-4,10,15-16H2,1H3;1H. The minimum absolute atomic E-state index is 0. The van der Waals surface area contributed by atoms with Crippen molar-refractivity contribution in [3.05, 3.63) is 60.2 Å². The number of rotatable bonds is 8. The molecule has 1 unspecified atom stereocenters. The summed E-state index contributed by atoms with van der Waals surface area (Å²) in [5, 5.41) is 18.7. The quantitative estimate of drug-likeness (QED) is 0.415. The van der Waals surface area contributed by atoms with Gasteiger partial charge in [0, 0.05) is 13.1 Å². The average molecular weight is 358 g/mol. The van der Waals surface area contributed by atoms with Crippen molar-refractivity contribution in [2.45, 2.75) is 45.3 Å². The maximum Gasteiger partial charge on any atom is 0.0664 e. The Labute approximate surface area is 156 Å². The molecule has 0 aliphatic rings. The highest BCUT2D eigenvalue weighted by atomic mass is 35.5. The average Bonchev–Trinajstić information content (AvgIpc) is 2.62. The molecule has 0 amide bonds. The van der Waals surface area contributed by atoms with Gasteiger partial charge < -0.3 is 10.4 Å². The molecule has 2 N–H and O–H groups in total. The second-order valence-corrected chi connectivity index (χ2v) is 6.58. The van der Waals surface area contributed by atoms with Crippen molar-refractivity contribution in [1.82, 2.24) is 5.32 Å². The molecule has 3 heteroatoms. The molecule has 0 bridgehead atoms. The van der Waals surface area contributed by atoms with E-state index in [1.54, 1.807) is 0 Å². The largest absolute Gasteiger partial charge is 0.392 e. The number of aliphatic hydroxyl groups is 1. The van der Waals surface area contributed by atoms with E-state index in [9.17, 15) is 5.11 Å². The summed E-state index contributed by atoms with van der Waals surface area (Å²) in [5.41, 5.74) is 1.30. The molecule has 134 valence electrons. The highest BCUT2D eigenvalue weighted by molar-refractivity contribution is 6.08. The lowest BCUT2D eigenvalue weighted by molar-refractivity contribution is 0.158. The normalized spacial score (nSPS) is 12.2. The van der Waals surface area contributed by atoms with E-state index in [4.69, 9.17) is 0 Å². The van der Waals surface area contributed by atoms with Crippen LogP contribution in [0.15, 0.2) is 54.6 Å². The summed E-state index contributed by atoms with van der Waals surface area (Å²) in [6.45, 7) is 3.64. The van der Waals surface area contributed by atoms with Gasteiger partial charge in [0.2, 0.25) is 0 Å². The first kappa shape index (κ1) is 19.7. The van der Waals surface area contributed by atoms with E-state index in [0.29, 0.717) is 6.54 Å². The summed E-state index contributed by atoms with van der Waals surface area (Å²) in [7, 11) is 0. The number of fused-ring (bicyclic) bond motifs is 3. The lowest BCUT2D eigenvalue weighted by Crippen LogP contribution is -2.26. The molecule has 3 aromatic carbocycles. The van der Waals surface area contributed by atoms with Gasteiger partial charge in [0.25, 0.3) is 0 Å². The molecule has 0 saturated carbocycles. The monoisotopic (exact) mass is 357 g/mol. The van der Waals surface area contributed by atoms with Crippen LogP contribution in [0, 0.1) is 0 Å². The zero-order valence-electron chi connectivity index (χ0n) is 14.9. The second-order valence-electron chi connectivity index (χ2n) is 6.58. The fourth-order valence-corrected chi connectivity index (χ4v) is 3.38. The summed E-state index contributed by atoms with van der Waals surface area (Å²) in [4.78, 5) is 0. The summed E-state index contributed by atoms with van der Waals surface area (Å²) >= 11 is 0. The van der Waals surface area contributed by atoms with E-state index < -0.39 is 0 Å². The van der Waals surface area contributed by atoms with E-state index in [2.05, 4.69) is 66.8 Å². The number of nitrogens with one attached hydrogen (secondary N) is 1. The van der Waals surface area contributed by atoms with E-state index in [0.717, 1.165) is 19.4 Å². The molecule has 2 nitrogen and oxygen atoms in total. The van der Waals surface area contributed by atoms with Crippen molar-refractivity contribution in [3.63, 3.8) is 0 Å². The van der Waals surface area contributed by atoms with Crippen molar-refractivity contribution < 1.29 is 5.11 Å². The molecule has 0 aliphatic carbocycles. The van der Waals surface area contributed by atoms with Crippen molar-refractivity contribution in [2.75, 3.05) is 6.54 Å². The van der Waals surface area contributed by atoms with Crippen LogP contribution in [0.5, 0.6) is 0 Å². The summed E-state index contributed by atoms with van der Waals surface area (Å²) < 4.78 is 0. The van der Waals surface area contributed by atoms with Gasteiger partial charge in [-0.1, -0.05) is 74.7 Å². The lowest BCUT2D eigenvalue weighted by Gasteiger charge is -2.14. The number of benzene rings is 3.